The third-order valence-corrected chi connectivity index (χ3v) is 3.93. The fourth-order valence-corrected chi connectivity index (χ4v) is 2.56. The van der Waals surface area contributed by atoms with Crippen molar-refractivity contribution in [1.29, 1.82) is 0 Å². The summed E-state index contributed by atoms with van der Waals surface area (Å²) in [6, 6.07) is 8.08. The van der Waals surface area contributed by atoms with Gasteiger partial charge in [-0.2, -0.15) is 0 Å². The van der Waals surface area contributed by atoms with E-state index in [-0.39, 0.29) is 11.7 Å². The number of ether oxygens (including phenoxy) is 1. The zero-order valence-electron chi connectivity index (χ0n) is 14.7. The summed E-state index contributed by atoms with van der Waals surface area (Å²) >= 11 is 0. The summed E-state index contributed by atoms with van der Waals surface area (Å²) in [5.41, 5.74) is 1.95. The van der Waals surface area contributed by atoms with Crippen LogP contribution < -0.4 is 15.4 Å². The van der Waals surface area contributed by atoms with Crippen LogP contribution in [0.3, 0.4) is 0 Å². The molecule has 6 heteroatoms. The highest BCUT2D eigenvalue weighted by molar-refractivity contribution is 5.94. The molecule has 2 aromatic rings. The first kappa shape index (κ1) is 18.9. The summed E-state index contributed by atoms with van der Waals surface area (Å²) in [6.45, 7) is 5.57. The lowest BCUT2D eigenvalue weighted by Crippen LogP contribution is -2.39. The molecule has 0 bridgehead atoms. The molecule has 2 atom stereocenters. The minimum Gasteiger partial charge on any atom is -0.496 e. The van der Waals surface area contributed by atoms with Crippen molar-refractivity contribution in [3.63, 3.8) is 0 Å². The van der Waals surface area contributed by atoms with Crippen molar-refractivity contribution in [1.82, 2.24) is 5.32 Å². The zero-order chi connectivity index (χ0) is 18.6. The summed E-state index contributed by atoms with van der Waals surface area (Å²) in [6.07, 6.45) is 0. The summed E-state index contributed by atoms with van der Waals surface area (Å²) < 4.78 is 31.9. The summed E-state index contributed by atoms with van der Waals surface area (Å²) in [7, 11) is 1.59. The lowest BCUT2D eigenvalue weighted by atomic mass is 10.0. The van der Waals surface area contributed by atoms with Crippen LogP contribution in [0, 0.1) is 18.6 Å². The Morgan fingerprint density at radius 1 is 1.12 bits per heavy atom. The number of methoxy groups -OCH3 is 1. The summed E-state index contributed by atoms with van der Waals surface area (Å²) in [5.74, 6) is -1.19. The van der Waals surface area contributed by atoms with E-state index in [2.05, 4.69) is 10.6 Å². The van der Waals surface area contributed by atoms with Crippen molar-refractivity contribution in [3.05, 3.63) is 59.2 Å². The number of amides is 1. The van der Waals surface area contributed by atoms with Crippen molar-refractivity contribution >= 4 is 11.6 Å². The number of halogens is 2. The van der Waals surface area contributed by atoms with Gasteiger partial charge in [0, 0.05) is 17.7 Å². The maximum atomic E-state index is 13.7. The van der Waals surface area contributed by atoms with Gasteiger partial charge in [-0.25, -0.2) is 8.78 Å². The highest BCUT2D eigenvalue weighted by Crippen LogP contribution is 2.26. The van der Waals surface area contributed by atoms with Gasteiger partial charge in [0.2, 0.25) is 5.91 Å². The molecule has 4 nitrogen and oxygen atoms in total. The Bertz CT molecular complexity index is 765. The lowest BCUT2D eigenvalue weighted by Gasteiger charge is -2.22. The van der Waals surface area contributed by atoms with Gasteiger partial charge in [0.15, 0.2) is 0 Å². The van der Waals surface area contributed by atoms with E-state index in [1.165, 1.54) is 6.07 Å². The molecule has 0 aliphatic carbocycles. The molecule has 0 fully saturated rings. The van der Waals surface area contributed by atoms with Gasteiger partial charge in [-0.3, -0.25) is 10.1 Å². The number of rotatable bonds is 6. The first-order valence-corrected chi connectivity index (χ1v) is 7.98. The van der Waals surface area contributed by atoms with Gasteiger partial charge < -0.3 is 10.1 Å². The lowest BCUT2D eigenvalue weighted by molar-refractivity contribution is -0.118. The molecular weight excluding hydrogens is 326 g/mol. The monoisotopic (exact) mass is 348 g/mol. The number of hydrogen-bond donors (Lipinski definition) is 2. The van der Waals surface area contributed by atoms with Crippen molar-refractivity contribution in [3.8, 4) is 5.75 Å². The number of carbonyl (C=O) groups is 1. The number of hydrogen-bond acceptors (Lipinski definition) is 3. The Morgan fingerprint density at radius 2 is 1.84 bits per heavy atom. The Hall–Kier alpha value is -2.47. The van der Waals surface area contributed by atoms with Crippen LogP contribution in [-0.4, -0.2) is 19.1 Å². The van der Waals surface area contributed by atoms with Gasteiger partial charge >= 0.3 is 0 Å². The summed E-state index contributed by atoms with van der Waals surface area (Å²) in [4.78, 5) is 12.3. The third kappa shape index (κ3) is 4.76. The van der Waals surface area contributed by atoms with Crippen molar-refractivity contribution in [2.75, 3.05) is 12.4 Å². The molecule has 0 heterocycles. The minimum atomic E-state index is -0.811. The molecule has 0 aliphatic heterocycles. The predicted octanol–water partition coefficient (Wildman–Crippen LogP) is 3.96. The highest BCUT2D eigenvalue weighted by Gasteiger charge is 2.19. The molecule has 1 amide bonds. The molecule has 0 spiro atoms. The van der Waals surface area contributed by atoms with E-state index in [1.54, 1.807) is 14.0 Å². The second-order valence-corrected chi connectivity index (χ2v) is 5.97. The Kier molecular flexibility index (Phi) is 6.09. The molecular formula is C19H22F2N2O2. The van der Waals surface area contributed by atoms with Gasteiger partial charge in [0.25, 0.3) is 0 Å². The quantitative estimate of drug-likeness (QED) is 0.831. The van der Waals surface area contributed by atoms with Crippen LogP contribution in [0.1, 0.15) is 31.0 Å². The third-order valence-electron chi connectivity index (χ3n) is 3.93. The van der Waals surface area contributed by atoms with Crippen molar-refractivity contribution < 1.29 is 18.3 Å². The molecule has 2 aromatic carbocycles. The topological polar surface area (TPSA) is 50.4 Å². The second-order valence-electron chi connectivity index (χ2n) is 5.97. The van der Waals surface area contributed by atoms with Gasteiger partial charge in [-0.05, 0) is 39.0 Å². The predicted molar refractivity (Wildman–Crippen MR) is 93.7 cm³/mol. The largest absolute Gasteiger partial charge is 0.496 e. The average molecular weight is 348 g/mol. The van der Waals surface area contributed by atoms with Crippen LogP contribution >= 0.6 is 0 Å². The molecule has 2 unspecified atom stereocenters. The standard InChI is InChI=1S/C19H22F2N2O2/c1-11-5-8-18(25-4)15(9-11)12(2)22-13(3)19(24)23-17-7-6-14(20)10-16(17)21/h5-10,12-13,22H,1-4H3,(H,23,24). The van der Waals surface area contributed by atoms with Gasteiger partial charge in [0.1, 0.15) is 17.4 Å². The summed E-state index contributed by atoms with van der Waals surface area (Å²) in [5, 5.41) is 5.62. The Balaban J connectivity index is 2.06. The molecule has 0 saturated carbocycles. The molecule has 0 aromatic heterocycles. The fourth-order valence-electron chi connectivity index (χ4n) is 2.56. The molecule has 0 radical (unpaired) electrons. The second kappa shape index (κ2) is 8.07. The van der Waals surface area contributed by atoms with Crippen LogP contribution in [0.15, 0.2) is 36.4 Å². The SMILES string of the molecule is COc1ccc(C)cc1C(C)NC(C)C(=O)Nc1ccc(F)cc1F. The molecule has 2 rings (SSSR count). The van der Waals surface area contributed by atoms with E-state index in [0.717, 1.165) is 29.0 Å². The first-order chi connectivity index (χ1) is 11.8. The van der Waals surface area contributed by atoms with Gasteiger partial charge in [-0.15, -0.1) is 0 Å². The van der Waals surface area contributed by atoms with Crippen LogP contribution in [0.2, 0.25) is 0 Å². The van der Waals surface area contributed by atoms with Crippen LogP contribution in [0.4, 0.5) is 14.5 Å². The number of carbonyl (C=O) groups excluding carboxylic acids is 1. The van der Waals surface area contributed by atoms with E-state index < -0.39 is 23.6 Å². The molecule has 134 valence electrons. The van der Waals surface area contributed by atoms with E-state index >= 15 is 0 Å². The fraction of sp³-hybridized carbons (Fsp3) is 0.316. The Labute approximate surface area is 146 Å². The molecule has 2 N–H and O–H groups in total. The highest BCUT2D eigenvalue weighted by atomic mass is 19.1. The molecule has 0 saturated heterocycles. The number of aryl methyl sites for hydroxylation is 1. The van der Waals surface area contributed by atoms with E-state index in [9.17, 15) is 13.6 Å². The minimum absolute atomic E-state index is 0.0548. The van der Waals surface area contributed by atoms with E-state index in [0.29, 0.717) is 0 Å². The number of anilines is 1. The maximum Gasteiger partial charge on any atom is 0.241 e. The van der Waals surface area contributed by atoms with Crippen molar-refractivity contribution in [2.45, 2.75) is 32.9 Å². The van der Waals surface area contributed by atoms with E-state index in [4.69, 9.17) is 4.74 Å². The smallest absolute Gasteiger partial charge is 0.241 e. The van der Waals surface area contributed by atoms with Crippen LogP contribution in [0.25, 0.3) is 0 Å². The van der Waals surface area contributed by atoms with Gasteiger partial charge in [0.05, 0.1) is 18.8 Å². The van der Waals surface area contributed by atoms with Gasteiger partial charge in [-0.1, -0.05) is 17.7 Å². The van der Waals surface area contributed by atoms with E-state index in [1.807, 2.05) is 32.0 Å². The van der Waals surface area contributed by atoms with Crippen molar-refractivity contribution in [2.24, 2.45) is 0 Å². The Morgan fingerprint density at radius 3 is 2.48 bits per heavy atom. The average Bonchev–Trinajstić information content (AvgIpc) is 2.57. The number of nitrogens with one attached hydrogen (secondary N) is 2. The number of benzene rings is 2. The molecule has 0 aliphatic rings. The van der Waals surface area contributed by atoms with Crippen LogP contribution in [0.5, 0.6) is 5.75 Å². The zero-order valence-corrected chi connectivity index (χ0v) is 14.7. The molecule has 25 heavy (non-hydrogen) atoms. The maximum absolute atomic E-state index is 13.7. The first-order valence-electron chi connectivity index (χ1n) is 7.98. The van der Waals surface area contributed by atoms with Crippen LogP contribution in [-0.2, 0) is 4.79 Å². The normalized spacial score (nSPS) is 13.2.